The molecule has 1 aliphatic heterocycles. The summed E-state index contributed by atoms with van der Waals surface area (Å²) in [5, 5.41) is 17.0. The molecule has 0 fully saturated rings. The van der Waals surface area contributed by atoms with Gasteiger partial charge in [-0.15, -0.1) is 0 Å². The van der Waals surface area contributed by atoms with E-state index in [2.05, 4.69) is 10.6 Å². The molecule has 0 aromatic carbocycles. The Morgan fingerprint density at radius 3 is 2.33 bits per heavy atom. The van der Waals surface area contributed by atoms with Crippen molar-refractivity contribution in [3.63, 3.8) is 0 Å². The first kappa shape index (κ1) is 34.9. The van der Waals surface area contributed by atoms with E-state index in [1.165, 1.54) is 14.2 Å². The van der Waals surface area contributed by atoms with Gasteiger partial charge in [0.25, 0.3) is 5.91 Å². The minimum atomic E-state index is -0.963. The van der Waals surface area contributed by atoms with Crippen molar-refractivity contribution >= 4 is 23.6 Å². The number of carbonyl (C=O) groups is 4. The third kappa shape index (κ3) is 9.37. The summed E-state index contributed by atoms with van der Waals surface area (Å²) in [5.41, 5.74) is 6.75. The molecular formula is C31H47N3O8. The van der Waals surface area contributed by atoms with Crippen LogP contribution in [0.5, 0.6) is 0 Å². The van der Waals surface area contributed by atoms with E-state index in [1.807, 2.05) is 27.7 Å². The second-order valence-corrected chi connectivity index (χ2v) is 11.5. The molecule has 11 nitrogen and oxygen atoms in total. The van der Waals surface area contributed by atoms with Crippen molar-refractivity contribution in [2.75, 3.05) is 14.2 Å². The number of primary amides is 1. The fourth-order valence-electron chi connectivity index (χ4n) is 5.34. The molecule has 2 bridgehead atoms. The largest absolute Gasteiger partial charge is 0.439 e. The van der Waals surface area contributed by atoms with Crippen LogP contribution in [0.3, 0.4) is 0 Å². The second-order valence-electron chi connectivity index (χ2n) is 11.5. The van der Waals surface area contributed by atoms with E-state index in [-0.39, 0.29) is 35.3 Å². The van der Waals surface area contributed by atoms with Crippen molar-refractivity contribution in [3.8, 4) is 0 Å². The van der Waals surface area contributed by atoms with E-state index in [0.29, 0.717) is 30.4 Å². The fraction of sp³-hybridized carbons (Fsp3) is 0.613. The zero-order valence-electron chi connectivity index (χ0n) is 26.0. The molecule has 0 aromatic rings. The van der Waals surface area contributed by atoms with E-state index >= 15 is 0 Å². The molecule has 1 unspecified atom stereocenters. The molecule has 11 heteroatoms. The van der Waals surface area contributed by atoms with Gasteiger partial charge in [-0.3, -0.25) is 14.4 Å². The first-order valence-corrected chi connectivity index (χ1v) is 14.4. The number of amides is 2. The molecule has 2 amide bonds. The number of carbonyl (C=O) groups excluding carboxylic acids is 4. The molecule has 0 spiro atoms. The highest BCUT2D eigenvalue weighted by molar-refractivity contribution is 6.23. The number of hydrogen-bond acceptors (Lipinski definition) is 9. The minimum absolute atomic E-state index is 0.0892. The monoisotopic (exact) mass is 589 g/mol. The van der Waals surface area contributed by atoms with Gasteiger partial charge in [-0.25, -0.2) is 4.79 Å². The van der Waals surface area contributed by atoms with E-state index in [0.717, 1.165) is 6.08 Å². The van der Waals surface area contributed by atoms with Crippen LogP contribution in [0.25, 0.3) is 0 Å². The summed E-state index contributed by atoms with van der Waals surface area (Å²) in [6, 6.07) is -0.103. The molecule has 234 valence electrons. The number of aliphatic hydroxyl groups excluding tert-OH is 1. The molecule has 0 saturated heterocycles. The lowest BCUT2D eigenvalue weighted by Gasteiger charge is -2.30. The molecule has 42 heavy (non-hydrogen) atoms. The fourth-order valence-corrected chi connectivity index (χ4v) is 5.34. The molecular weight excluding hydrogens is 542 g/mol. The Balaban J connectivity index is 2.58. The lowest BCUT2D eigenvalue weighted by Crippen LogP contribution is -2.38. The highest BCUT2D eigenvalue weighted by Crippen LogP contribution is 2.29. The third-order valence-electron chi connectivity index (χ3n) is 7.55. The van der Waals surface area contributed by atoms with Crippen LogP contribution in [0, 0.1) is 11.8 Å². The van der Waals surface area contributed by atoms with Crippen LogP contribution in [-0.4, -0.2) is 73.4 Å². The lowest BCUT2D eigenvalue weighted by atomic mass is 9.85. The van der Waals surface area contributed by atoms with Crippen LogP contribution in [0.1, 0.15) is 67.2 Å². The summed E-state index contributed by atoms with van der Waals surface area (Å²) >= 11 is 0. The van der Waals surface area contributed by atoms with Crippen molar-refractivity contribution in [2.45, 2.75) is 97.7 Å². The summed E-state index contributed by atoms with van der Waals surface area (Å²) < 4.78 is 16.7. The predicted octanol–water partition coefficient (Wildman–Crippen LogP) is 2.98. The molecule has 2 rings (SSSR count). The zero-order valence-corrected chi connectivity index (χ0v) is 26.0. The second kappa shape index (κ2) is 15.8. The van der Waals surface area contributed by atoms with Crippen LogP contribution >= 0.6 is 0 Å². The Morgan fingerprint density at radius 1 is 1.12 bits per heavy atom. The van der Waals surface area contributed by atoms with Gasteiger partial charge in [-0.1, -0.05) is 26.0 Å². The summed E-state index contributed by atoms with van der Waals surface area (Å²) in [6.45, 7) is 10.9. The van der Waals surface area contributed by atoms with Gasteiger partial charge in [0.2, 0.25) is 11.6 Å². The maximum Gasteiger partial charge on any atom is 0.405 e. The normalized spacial score (nSPS) is 31.5. The molecule has 2 aliphatic rings. The molecule has 0 radical (unpaired) electrons. The van der Waals surface area contributed by atoms with Crippen molar-refractivity contribution in [3.05, 3.63) is 46.3 Å². The van der Waals surface area contributed by atoms with Gasteiger partial charge in [-0.2, -0.15) is 0 Å². The Kier molecular flexibility index (Phi) is 13.1. The molecule has 0 aromatic heterocycles. The zero-order chi connectivity index (χ0) is 31.7. The third-order valence-corrected chi connectivity index (χ3v) is 7.55. The quantitative estimate of drug-likeness (QED) is 0.278. The Labute approximate surface area is 248 Å². The standard InChI is InChI=1S/C31H47N3O8/c1-16(2)33-26-21-12-17(3)13-25(41-8)27(36)19(5)14-20(6)29(42-31(32)39)24(40-7)11-9-10-18(4)30(38)34-22(28(21)37)15-23(26)35/h10,14-17,19,24-25,27,29,33,36H,9,11-13H2,1-8H3,(H2,32,39)(H,34,38)/b18-10+,20-14+/t17-,19+,24?,25+,27-,29+/m1/s1. The smallest absolute Gasteiger partial charge is 0.405 e. The maximum absolute atomic E-state index is 13.6. The number of nitrogens with two attached hydrogens (primary N) is 1. The number of hydrogen-bond donors (Lipinski definition) is 4. The molecule has 5 N–H and O–H groups in total. The first-order chi connectivity index (χ1) is 19.7. The number of methoxy groups -OCH3 is 2. The number of nitrogens with one attached hydrogen (secondary N) is 2. The van der Waals surface area contributed by atoms with Gasteiger partial charge < -0.3 is 35.7 Å². The topological polar surface area (TPSA) is 166 Å². The maximum atomic E-state index is 13.6. The summed E-state index contributed by atoms with van der Waals surface area (Å²) in [6.07, 6.45) is 2.08. The predicted molar refractivity (Wildman–Crippen MR) is 158 cm³/mol. The molecule has 0 saturated carbocycles. The number of Topliss-reactive ketones (excluding diaryl/α,β-unsaturated/α-hetero) is 1. The summed E-state index contributed by atoms with van der Waals surface area (Å²) in [5.74, 6) is -1.93. The molecule has 6 atom stereocenters. The van der Waals surface area contributed by atoms with Gasteiger partial charge in [0.15, 0.2) is 6.10 Å². The summed E-state index contributed by atoms with van der Waals surface area (Å²) in [4.78, 5) is 51.5. The van der Waals surface area contributed by atoms with Crippen LogP contribution < -0.4 is 16.4 Å². The van der Waals surface area contributed by atoms with Crippen LogP contribution in [-0.2, 0) is 28.6 Å². The summed E-state index contributed by atoms with van der Waals surface area (Å²) in [7, 11) is 2.99. The van der Waals surface area contributed by atoms with Crippen molar-refractivity contribution in [1.82, 2.24) is 10.6 Å². The first-order valence-electron chi connectivity index (χ1n) is 14.4. The highest BCUT2D eigenvalue weighted by atomic mass is 16.6. The molecule has 1 aliphatic carbocycles. The highest BCUT2D eigenvalue weighted by Gasteiger charge is 2.34. The number of fused-ring (bicyclic) bond motifs is 2. The van der Waals surface area contributed by atoms with Crippen molar-refractivity contribution < 1.29 is 38.5 Å². The van der Waals surface area contributed by atoms with Gasteiger partial charge in [-0.05, 0) is 64.9 Å². The van der Waals surface area contributed by atoms with Gasteiger partial charge in [0.1, 0.15) is 0 Å². The number of aliphatic hydroxyl groups is 1. The van der Waals surface area contributed by atoms with E-state index in [1.54, 1.807) is 26.0 Å². The van der Waals surface area contributed by atoms with E-state index in [9.17, 15) is 24.3 Å². The number of ketones is 2. The van der Waals surface area contributed by atoms with E-state index < -0.39 is 53.9 Å². The lowest BCUT2D eigenvalue weighted by molar-refractivity contribution is -0.120. The van der Waals surface area contributed by atoms with Crippen LogP contribution in [0.2, 0.25) is 0 Å². The Bertz CT molecular complexity index is 1150. The van der Waals surface area contributed by atoms with Gasteiger partial charge in [0.05, 0.1) is 29.7 Å². The number of rotatable bonds is 5. The minimum Gasteiger partial charge on any atom is -0.439 e. The average molecular weight is 590 g/mol. The van der Waals surface area contributed by atoms with Gasteiger partial charge >= 0.3 is 6.09 Å². The van der Waals surface area contributed by atoms with E-state index in [4.69, 9.17) is 19.9 Å². The van der Waals surface area contributed by atoms with Crippen molar-refractivity contribution in [1.29, 1.82) is 0 Å². The molecule has 1 heterocycles. The SMILES string of the molecule is COC1CC/C=C(\C)C(=O)NC2=CC(=O)C(NC(C)C)=C(C[C@@H](C)C[C@H](OC)[C@H](O)[C@@H](C)/C=C(\C)[C@@H]1OC(N)=O)C2=O. The van der Waals surface area contributed by atoms with Crippen LogP contribution in [0.4, 0.5) is 4.79 Å². The average Bonchev–Trinajstić information content (AvgIpc) is 2.91. The Hall–Kier alpha value is -3.28. The number of allylic oxidation sites excluding steroid dienone is 3. The van der Waals surface area contributed by atoms with Crippen molar-refractivity contribution in [2.24, 2.45) is 17.6 Å². The van der Waals surface area contributed by atoms with Crippen LogP contribution in [0.15, 0.2) is 46.3 Å². The Morgan fingerprint density at radius 2 is 1.76 bits per heavy atom. The number of ether oxygens (including phenoxy) is 3. The van der Waals surface area contributed by atoms with Gasteiger partial charge in [0, 0.05) is 43.4 Å².